The second-order valence-corrected chi connectivity index (χ2v) is 4.12. The number of fused-ring (bicyclic) bond motifs is 3. The minimum Gasteiger partial charge on any atom is -0.402 e. The van der Waals surface area contributed by atoms with Crippen LogP contribution in [0.4, 0.5) is 0 Å². The molecule has 0 aromatic heterocycles. The Balaban J connectivity index is 0.000000328. The first-order valence-electron chi connectivity index (χ1n) is 5.83. The topological polar surface area (TPSA) is 94.8 Å². The minimum atomic E-state index is -2.17. The van der Waals surface area contributed by atoms with E-state index in [0.717, 1.165) is 16.3 Å². The molecule has 0 aliphatic heterocycles. The van der Waals surface area contributed by atoms with Crippen LogP contribution in [-0.2, 0) is 4.79 Å². The van der Waals surface area contributed by atoms with Crippen LogP contribution >= 0.6 is 0 Å². The van der Waals surface area contributed by atoms with Crippen molar-refractivity contribution in [2.45, 2.75) is 0 Å². The highest BCUT2D eigenvalue weighted by Gasteiger charge is 2.21. The van der Waals surface area contributed by atoms with E-state index in [4.69, 9.17) is 15.1 Å². The zero-order valence-electron chi connectivity index (χ0n) is 10.4. The Bertz CT molecular complexity index is 703. The normalized spacial score (nSPS) is 12.8. The van der Waals surface area contributed by atoms with Gasteiger partial charge in [0.05, 0.1) is 0 Å². The number of ketones is 2. The van der Waals surface area contributed by atoms with E-state index in [9.17, 15) is 9.59 Å². The summed E-state index contributed by atoms with van der Waals surface area (Å²) in [5.74, 6) is -0.856. The number of carbonyl (C=O) groups excluding carboxylic acids is 2. The first-order chi connectivity index (χ1) is 9.50. The quantitative estimate of drug-likeness (QED) is 0.480. The second-order valence-electron chi connectivity index (χ2n) is 4.12. The summed E-state index contributed by atoms with van der Waals surface area (Å²) >= 11 is 0. The molecule has 0 amide bonds. The fraction of sp³-hybridized carbons (Fsp3) is 0. The SMILES string of the molecule is O=C1C=Cc2c(ccc3ccccc23)C1=O.OB(O)O. The van der Waals surface area contributed by atoms with Gasteiger partial charge >= 0.3 is 7.32 Å². The number of rotatable bonds is 0. The summed E-state index contributed by atoms with van der Waals surface area (Å²) in [5.41, 5.74) is 1.36. The molecule has 0 radical (unpaired) electrons. The van der Waals surface area contributed by atoms with Crippen LogP contribution in [0.5, 0.6) is 0 Å². The number of hydrogen-bond donors (Lipinski definition) is 3. The van der Waals surface area contributed by atoms with Gasteiger partial charge in [-0.2, -0.15) is 0 Å². The molecule has 100 valence electrons. The molecule has 3 rings (SSSR count). The molecule has 0 fully saturated rings. The lowest BCUT2D eigenvalue weighted by atomic mass is 9.91. The van der Waals surface area contributed by atoms with Crippen LogP contribution in [0.25, 0.3) is 16.8 Å². The van der Waals surface area contributed by atoms with Crippen LogP contribution in [0.2, 0.25) is 0 Å². The fourth-order valence-corrected chi connectivity index (χ4v) is 2.04. The molecule has 1 aliphatic rings. The van der Waals surface area contributed by atoms with Crippen molar-refractivity contribution in [3.63, 3.8) is 0 Å². The molecule has 5 nitrogen and oxygen atoms in total. The van der Waals surface area contributed by atoms with Gasteiger partial charge in [-0.1, -0.05) is 30.3 Å². The van der Waals surface area contributed by atoms with Gasteiger partial charge in [-0.05, 0) is 34.6 Å². The molecule has 0 bridgehead atoms. The van der Waals surface area contributed by atoms with E-state index in [0.29, 0.717) is 5.56 Å². The standard InChI is InChI=1S/C14H8O2.BH3O3/c15-13-8-7-11-10-4-2-1-3-9(10)5-6-12(11)14(13)16;2-1(3)4/h1-8H;2-4H. The predicted molar refractivity (Wildman–Crippen MR) is 74.7 cm³/mol. The Hall–Kier alpha value is -2.28. The lowest BCUT2D eigenvalue weighted by Crippen LogP contribution is -2.16. The van der Waals surface area contributed by atoms with Crippen molar-refractivity contribution >= 4 is 35.7 Å². The predicted octanol–water partition coefficient (Wildman–Crippen LogP) is 0.567. The van der Waals surface area contributed by atoms with E-state index in [1.165, 1.54) is 6.08 Å². The molecule has 0 saturated heterocycles. The van der Waals surface area contributed by atoms with Gasteiger partial charge in [0.25, 0.3) is 0 Å². The van der Waals surface area contributed by atoms with E-state index < -0.39 is 18.9 Å². The molecule has 0 unspecified atom stereocenters. The zero-order valence-corrected chi connectivity index (χ0v) is 10.4. The maximum Gasteiger partial charge on any atom is 0.631 e. The van der Waals surface area contributed by atoms with Crippen LogP contribution in [-0.4, -0.2) is 34.0 Å². The first-order valence-corrected chi connectivity index (χ1v) is 5.83. The molecular weight excluding hydrogens is 259 g/mol. The number of carbonyl (C=O) groups is 2. The summed E-state index contributed by atoms with van der Waals surface area (Å²) in [7, 11) is -2.17. The molecule has 0 spiro atoms. The lowest BCUT2D eigenvalue weighted by molar-refractivity contribution is -0.110. The van der Waals surface area contributed by atoms with E-state index in [2.05, 4.69) is 0 Å². The third-order valence-electron chi connectivity index (χ3n) is 2.84. The van der Waals surface area contributed by atoms with Crippen LogP contribution < -0.4 is 0 Å². The maximum atomic E-state index is 11.7. The third-order valence-corrected chi connectivity index (χ3v) is 2.84. The molecule has 20 heavy (non-hydrogen) atoms. The molecule has 0 heterocycles. The molecule has 6 heteroatoms. The van der Waals surface area contributed by atoms with Gasteiger partial charge in [0.1, 0.15) is 0 Å². The average Bonchev–Trinajstić information content (AvgIpc) is 2.42. The van der Waals surface area contributed by atoms with Gasteiger partial charge in [0, 0.05) is 5.56 Å². The summed E-state index contributed by atoms with van der Waals surface area (Å²) in [6.07, 6.45) is 3.07. The largest absolute Gasteiger partial charge is 0.631 e. The summed E-state index contributed by atoms with van der Waals surface area (Å²) in [6.45, 7) is 0. The van der Waals surface area contributed by atoms with Crippen molar-refractivity contribution in [1.29, 1.82) is 0 Å². The summed E-state index contributed by atoms with van der Waals surface area (Å²) in [4.78, 5) is 22.9. The van der Waals surface area contributed by atoms with Crippen LogP contribution in [0.1, 0.15) is 15.9 Å². The van der Waals surface area contributed by atoms with Crippen LogP contribution in [0.15, 0.2) is 42.5 Å². The number of allylic oxidation sites excluding steroid dienone is 1. The van der Waals surface area contributed by atoms with Gasteiger partial charge in [-0.3, -0.25) is 9.59 Å². The summed E-state index contributed by atoms with van der Waals surface area (Å²) < 4.78 is 0. The Morgan fingerprint density at radius 2 is 1.50 bits per heavy atom. The molecule has 0 atom stereocenters. The Labute approximate surface area is 115 Å². The molecule has 1 aliphatic carbocycles. The highest BCUT2D eigenvalue weighted by atomic mass is 16.5. The molecule has 2 aromatic carbocycles. The van der Waals surface area contributed by atoms with Gasteiger partial charge in [0.15, 0.2) is 0 Å². The highest BCUT2D eigenvalue weighted by Crippen LogP contribution is 2.26. The van der Waals surface area contributed by atoms with E-state index in [1.807, 2.05) is 30.3 Å². The second kappa shape index (κ2) is 5.79. The van der Waals surface area contributed by atoms with Gasteiger partial charge < -0.3 is 15.1 Å². The van der Waals surface area contributed by atoms with Gasteiger partial charge in [-0.25, -0.2) is 0 Å². The van der Waals surface area contributed by atoms with Crippen molar-refractivity contribution in [2.75, 3.05) is 0 Å². The third kappa shape index (κ3) is 2.83. The fourth-order valence-electron chi connectivity index (χ4n) is 2.04. The monoisotopic (exact) mass is 270 g/mol. The molecule has 3 N–H and O–H groups in total. The van der Waals surface area contributed by atoms with E-state index >= 15 is 0 Å². The van der Waals surface area contributed by atoms with Crippen molar-refractivity contribution in [3.8, 4) is 0 Å². The lowest BCUT2D eigenvalue weighted by Gasteiger charge is -2.11. The Morgan fingerprint density at radius 1 is 0.850 bits per heavy atom. The van der Waals surface area contributed by atoms with Crippen LogP contribution in [0.3, 0.4) is 0 Å². The number of benzene rings is 2. The zero-order chi connectivity index (χ0) is 14.7. The minimum absolute atomic E-state index is 0.414. The summed E-state index contributed by atoms with van der Waals surface area (Å²) in [5, 5.41) is 23.6. The molecule has 2 aromatic rings. The number of Topliss-reactive ketones (excluding diaryl/α,β-unsaturated/α-hetero) is 1. The van der Waals surface area contributed by atoms with Crippen molar-refractivity contribution in [2.24, 2.45) is 0 Å². The average molecular weight is 270 g/mol. The highest BCUT2D eigenvalue weighted by molar-refractivity contribution is 6.50. The van der Waals surface area contributed by atoms with Gasteiger partial charge in [0.2, 0.25) is 11.6 Å². The molecule has 0 saturated carbocycles. The Morgan fingerprint density at radius 3 is 2.20 bits per heavy atom. The summed E-state index contributed by atoms with van der Waals surface area (Å²) in [6, 6.07) is 11.4. The van der Waals surface area contributed by atoms with Crippen LogP contribution in [0, 0.1) is 0 Å². The smallest absolute Gasteiger partial charge is 0.402 e. The first kappa shape index (κ1) is 14.1. The van der Waals surface area contributed by atoms with Gasteiger partial charge in [-0.15, -0.1) is 0 Å². The van der Waals surface area contributed by atoms with E-state index in [-0.39, 0.29) is 0 Å². The van der Waals surface area contributed by atoms with Crippen molar-refractivity contribution in [3.05, 3.63) is 53.6 Å². The van der Waals surface area contributed by atoms with Crippen molar-refractivity contribution < 1.29 is 24.7 Å². The van der Waals surface area contributed by atoms with Crippen molar-refractivity contribution in [1.82, 2.24) is 0 Å². The Kier molecular flexibility index (Phi) is 4.09. The molecular formula is C14H11BO5. The maximum absolute atomic E-state index is 11.7. The number of hydrogen-bond acceptors (Lipinski definition) is 5. The van der Waals surface area contributed by atoms with E-state index in [1.54, 1.807) is 12.1 Å².